The summed E-state index contributed by atoms with van der Waals surface area (Å²) >= 11 is 1.21. The summed E-state index contributed by atoms with van der Waals surface area (Å²) in [7, 11) is -3.54. The third-order valence-corrected chi connectivity index (χ3v) is 7.16. The lowest BCUT2D eigenvalue weighted by molar-refractivity contribution is 0.291. The Kier molecular flexibility index (Phi) is 3.91. The van der Waals surface area contributed by atoms with Gasteiger partial charge in [-0.2, -0.15) is 9.29 Å². The SMILES string of the molecule is O=S(=O)(c1cccs1)N1CCCC1c1nc(-c2ccccn2)no1. The molecule has 0 saturated carbocycles. The van der Waals surface area contributed by atoms with Crippen LogP contribution in [0.5, 0.6) is 0 Å². The summed E-state index contributed by atoms with van der Waals surface area (Å²) in [6, 6.07) is 8.33. The van der Waals surface area contributed by atoms with Crippen LogP contribution in [0.15, 0.2) is 50.6 Å². The molecule has 0 aliphatic carbocycles. The van der Waals surface area contributed by atoms with Crippen LogP contribution in [0, 0.1) is 0 Å². The predicted molar refractivity (Wildman–Crippen MR) is 87.7 cm³/mol. The minimum Gasteiger partial charge on any atom is -0.337 e. The molecule has 7 nitrogen and oxygen atoms in total. The Morgan fingerprint density at radius 2 is 2.17 bits per heavy atom. The van der Waals surface area contributed by atoms with E-state index in [-0.39, 0.29) is 0 Å². The highest BCUT2D eigenvalue weighted by atomic mass is 32.2. The van der Waals surface area contributed by atoms with E-state index in [1.807, 2.05) is 6.07 Å². The molecule has 0 N–H and O–H groups in total. The Hall–Kier alpha value is -2.10. The zero-order valence-corrected chi connectivity index (χ0v) is 14.2. The zero-order chi connectivity index (χ0) is 16.6. The highest BCUT2D eigenvalue weighted by molar-refractivity contribution is 7.91. The van der Waals surface area contributed by atoms with Crippen molar-refractivity contribution in [1.82, 2.24) is 19.4 Å². The fraction of sp³-hybridized carbons (Fsp3) is 0.267. The third kappa shape index (κ3) is 2.64. The normalized spacial score (nSPS) is 18.9. The number of nitrogens with zero attached hydrogens (tertiary/aromatic N) is 4. The van der Waals surface area contributed by atoms with Gasteiger partial charge in [0.1, 0.15) is 15.9 Å². The number of sulfonamides is 1. The summed E-state index contributed by atoms with van der Waals surface area (Å²) in [6.07, 6.45) is 3.07. The first-order chi connectivity index (χ1) is 11.7. The van der Waals surface area contributed by atoms with Crippen LogP contribution in [0.25, 0.3) is 11.5 Å². The van der Waals surface area contributed by atoms with Crippen LogP contribution in [-0.2, 0) is 10.0 Å². The number of thiophene rings is 1. The van der Waals surface area contributed by atoms with Crippen molar-refractivity contribution in [3.8, 4) is 11.5 Å². The summed E-state index contributed by atoms with van der Waals surface area (Å²) in [4.78, 5) is 8.55. The maximum absolute atomic E-state index is 12.8. The summed E-state index contributed by atoms with van der Waals surface area (Å²) in [5.41, 5.74) is 0.596. The summed E-state index contributed by atoms with van der Waals surface area (Å²) in [5.74, 6) is 0.680. The fourth-order valence-electron chi connectivity index (χ4n) is 2.77. The average Bonchev–Trinajstić information content (AvgIpc) is 3.35. The highest BCUT2D eigenvalue weighted by Crippen LogP contribution is 2.37. The number of rotatable bonds is 4. The number of aromatic nitrogens is 3. The van der Waals surface area contributed by atoms with Gasteiger partial charge in [0.2, 0.25) is 11.7 Å². The smallest absolute Gasteiger partial charge is 0.253 e. The Labute approximate surface area is 143 Å². The third-order valence-electron chi connectivity index (χ3n) is 3.88. The topological polar surface area (TPSA) is 89.2 Å². The Bertz CT molecular complexity index is 923. The lowest BCUT2D eigenvalue weighted by atomic mass is 10.2. The molecule has 9 heteroatoms. The monoisotopic (exact) mass is 362 g/mol. The van der Waals surface area contributed by atoms with Crippen molar-refractivity contribution >= 4 is 21.4 Å². The number of pyridine rings is 1. The van der Waals surface area contributed by atoms with E-state index in [1.165, 1.54) is 15.6 Å². The molecule has 1 fully saturated rings. The van der Waals surface area contributed by atoms with E-state index < -0.39 is 16.1 Å². The van der Waals surface area contributed by atoms with Gasteiger partial charge in [0.25, 0.3) is 10.0 Å². The molecule has 1 atom stereocenters. The molecule has 0 spiro atoms. The van der Waals surface area contributed by atoms with E-state index in [4.69, 9.17) is 4.52 Å². The second kappa shape index (κ2) is 6.08. The maximum atomic E-state index is 12.8. The van der Waals surface area contributed by atoms with Crippen molar-refractivity contribution in [2.75, 3.05) is 6.54 Å². The molecule has 4 heterocycles. The quantitative estimate of drug-likeness (QED) is 0.709. The first-order valence-corrected chi connectivity index (χ1v) is 9.78. The second-order valence-corrected chi connectivity index (χ2v) is 8.44. The standard InChI is InChI=1S/C15H14N4O3S2/c20-24(21,13-7-4-10-23-13)19-9-3-6-12(19)15-17-14(18-22-15)11-5-1-2-8-16-11/h1-2,4-5,7-8,10,12H,3,6,9H2. The van der Waals surface area contributed by atoms with Crippen LogP contribution in [0.4, 0.5) is 0 Å². The Morgan fingerprint density at radius 3 is 2.92 bits per heavy atom. The van der Waals surface area contributed by atoms with Crippen molar-refractivity contribution in [2.24, 2.45) is 0 Å². The van der Waals surface area contributed by atoms with E-state index in [2.05, 4.69) is 15.1 Å². The van der Waals surface area contributed by atoms with Gasteiger partial charge in [-0.3, -0.25) is 4.98 Å². The van der Waals surface area contributed by atoms with E-state index >= 15 is 0 Å². The van der Waals surface area contributed by atoms with Gasteiger partial charge in [-0.25, -0.2) is 8.42 Å². The molecule has 4 rings (SSSR count). The van der Waals surface area contributed by atoms with Gasteiger partial charge in [-0.05, 0) is 36.4 Å². The zero-order valence-electron chi connectivity index (χ0n) is 12.6. The molecule has 0 bridgehead atoms. The Morgan fingerprint density at radius 1 is 1.25 bits per heavy atom. The van der Waals surface area contributed by atoms with Gasteiger partial charge < -0.3 is 4.52 Å². The van der Waals surface area contributed by atoms with E-state index in [0.29, 0.717) is 34.6 Å². The molecule has 24 heavy (non-hydrogen) atoms. The molecule has 0 radical (unpaired) electrons. The molecule has 3 aromatic heterocycles. The minimum absolute atomic E-state index is 0.313. The maximum Gasteiger partial charge on any atom is 0.253 e. The molecule has 0 amide bonds. The Balaban J connectivity index is 1.66. The molecule has 124 valence electrons. The van der Waals surface area contributed by atoms with Crippen LogP contribution < -0.4 is 0 Å². The first kappa shape index (κ1) is 15.4. The molecule has 1 saturated heterocycles. The predicted octanol–water partition coefficient (Wildman–Crippen LogP) is 2.72. The summed E-state index contributed by atoms with van der Waals surface area (Å²) in [5, 5.41) is 5.70. The van der Waals surface area contributed by atoms with Crippen molar-refractivity contribution in [1.29, 1.82) is 0 Å². The molecule has 3 aromatic rings. The van der Waals surface area contributed by atoms with Gasteiger partial charge in [0, 0.05) is 12.7 Å². The van der Waals surface area contributed by atoms with Gasteiger partial charge in [0.05, 0.1) is 0 Å². The van der Waals surface area contributed by atoms with Gasteiger partial charge >= 0.3 is 0 Å². The lowest BCUT2D eigenvalue weighted by Crippen LogP contribution is -2.30. The molecular weight excluding hydrogens is 348 g/mol. The van der Waals surface area contributed by atoms with Gasteiger partial charge in [-0.15, -0.1) is 11.3 Å². The summed E-state index contributed by atoms with van der Waals surface area (Å²) in [6.45, 7) is 0.451. The molecule has 1 aliphatic heterocycles. The fourth-order valence-corrected chi connectivity index (χ4v) is 5.54. The first-order valence-electron chi connectivity index (χ1n) is 7.46. The van der Waals surface area contributed by atoms with Gasteiger partial charge in [0.15, 0.2) is 0 Å². The van der Waals surface area contributed by atoms with E-state index in [1.54, 1.807) is 35.8 Å². The van der Waals surface area contributed by atoms with Crippen molar-refractivity contribution in [3.63, 3.8) is 0 Å². The number of hydrogen-bond donors (Lipinski definition) is 0. The van der Waals surface area contributed by atoms with Crippen LogP contribution in [0.1, 0.15) is 24.8 Å². The highest BCUT2D eigenvalue weighted by Gasteiger charge is 2.39. The van der Waals surface area contributed by atoms with Crippen LogP contribution in [0.3, 0.4) is 0 Å². The van der Waals surface area contributed by atoms with Crippen LogP contribution in [-0.4, -0.2) is 34.4 Å². The van der Waals surface area contributed by atoms with Crippen molar-refractivity contribution in [2.45, 2.75) is 23.1 Å². The average molecular weight is 362 g/mol. The van der Waals surface area contributed by atoms with Gasteiger partial charge in [-0.1, -0.05) is 17.3 Å². The second-order valence-electron chi connectivity index (χ2n) is 5.38. The molecule has 1 unspecified atom stereocenters. The molecular formula is C15H14N4O3S2. The minimum atomic E-state index is -3.54. The lowest BCUT2D eigenvalue weighted by Gasteiger charge is -2.20. The largest absolute Gasteiger partial charge is 0.337 e. The van der Waals surface area contributed by atoms with Crippen LogP contribution >= 0.6 is 11.3 Å². The van der Waals surface area contributed by atoms with Crippen LogP contribution in [0.2, 0.25) is 0 Å². The number of hydrogen-bond acceptors (Lipinski definition) is 7. The summed E-state index contributed by atoms with van der Waals surface area (Å²) < 4.78 is 32.7. The van der Waals surface area contributed by atoms with E-state index in [9.17, 15) is 8.42 Å². The molecule has 1 aliphatic rings. The van der Waals surface area contributed by atoms with Crippen molar-refractivity contribution < 1.29 is 12.9 Å². The van der Waals surface area contributed by atoms with E-state index in [0.717, 1.165) is 6.42 Å². The molecule has 0 aromatic carbocycles. The van der Waals surface area contributed by atoms with Crippen molar-refractivity contribution in [3.05, 3.63) is 47.8 Å².